The maximum Gasteiger partial charge on any atom is 0.251 e. The number of carbonyl (C=O) groups excluding carboxylic acids is 2. The maximum absolute atomic E-state index is 12.1. The largest absolute Gasteiger partial charge is 0.347 e. The van der Waals surface area contributed by atoms with Crippen LogP contribution in [-0.2, 0) is 4.79 Å². The van der Waals surface area contributed by atoms with Gasteiger partial charge in [-0.05, 0) is 18.1 Å². The molecule has 104 valence electrons. The highest BCUT2D eigenvalue weighted by Crippen LogP contribution is 2.11. The van der Waals surface area contributed by atoms with Gasteiger partial charge in [-0.1, -0.05) is 38.5 Å². The Morgan fingerprint density at radius 1 is 1.21 bits per heavy atom. The van der Waals surface area contributed by atoms with Gasteiger partial charge in [0.1, 0.15) is 6.04 Å². The van der Waals surface area contributed by atoms with E-state index in [1.54, 1.807) is 38.4 Å². The molecule has 1 aromatic rings. The second-order valence-electron chi connectivity index (χ2n) is 4.94. The van der Waals surface area contributed by atoms with Crippen LogP contribution in [0.3, 0.4) is 0 Å². The lowest BCUT2D eigenvalue weighted by Gasteiger charge is -2.26. The molecule has 1 aromatic carbocycles. The minimum Gasteiger partial charge on any atom is -0.347 e. The van der Waals surface area contributed by atoms with Crippen molar-refractivity contribution in [2.45, 2.75) is 26.3 Å². The van der Waals surface area contributed by atoms with Gasteiger partial charge in [0, 0.05) is 19.7 Å². The van der Waals surface area contributed by atoms with Gasteiger partial charge in [0.15, 0.2) is 0 Å². The van der Waals surface area contributed by atoms with Crippen LogP contribution >= 0.6 is 0 Å². The number of nitrogens with one attached hydrogen (secondary N) is 1. The second-order valence-corrected chi connectivity index (χ2v) is 4.94. The van der Waals surface area contributed by atoms with Crippen molar-refractivity contribution in [1.29, 1.82) is 0 Å². The van der Waals surface area contributed by atoms with Gasteiger partial charge in [0.05, 0.1) is 0 Å². The summed E-state index contributed by atoms with van der Waals surface area (Å²) in [5.74, 6) is -0.178. The average molecular weight is 262 g/mol. The highest BCUT2D eigenvalue weighted by atomic mass is 16.2. The molecule has 2 unspecified atom stereocenters. The summed E-state index contributed by atoms with van der Waals surface area (Å²) < 4.78 is 0. The SMILES string of the molecule is CCC(C)C(NC(=O)c1ccccc1)C(=O)N(C)C. The van der Waals surface area contributed by atoms with Crippen LogP contribution in [0.25, 0.3) is 0 Å². The van der Waals surface area contributed by atoms with Crippen molar-refractivity contribution in [3.8, 4) is 0 Å². The van der Waals surface area contributed by atoms with Crippen molar-refractivity contribution >= 4 is 11.8 Å². The van der Waals surface area contributed by atoms with Gasteiger partial charge in [-0.25, -0.2) is 0 Å². The van der Waals surface area contributed by atoms with Crippen molar-refractivity contribution in [1.82, 2.24) is 10.2 Å². The first-order chi connectivity index (χ1) is 8.97. The molecule has 0 aliphatic carbocycles. The number of amides is 2. The summed E-state index contributed by atoms with van der Waals surface area (Å²) >= 11 is 0. The zero-order valence-corrected chi connectivity index (χ0v) is 12.0. The Kier molecular flexibility index (Phi) is 5.55. The normalized spacial score (nSPS) is 13.5. The molecule has 19 heavy (non-hydrogen) atoms. The van der Waals surface area contributed by atoms with Crippen molar-refractivity contribution in [2.75, 3.05) is 14.1 Å². The number of hydrogen-bond acceptors (Lipinski definition) is 2. The summed E-state index contributed by atoms with van der Waals surface area (Å²) in [6.45, 7) is 3.98. The quantitative estimate of drug-likeness (QED) is 0.881. The van der Waals surface area contributed by atoms with E-state index in [-0.39, 0.29) is 17.7 Å². The van der Waals surface area contributed by atoms with Crippen molar-refractivity contribution in [3.05, 3.63) is 35.9 Å². The Hall–Kier alpha value is -1.84. The molecule has 2 amide bonds. The zero-order valence-electron chi connectivity index (χ0n) is 12.0. The van der Waals surface area contributed by atoms with E-state index in [1.165, 1.54) is 4.90 Å². The van der Waals surface area contributed by atoms with Crippen LogP contribution in [0.2, 0.25) is 0 Å². The molecule has 0 saturated carbocycles. The lowest BCUT2D eigenvalue weighted by atomic mass is 9.97. The monoisotopic (exact) mass is 262 g/mol. The van der Waals surface area contributed by atoms with Crippen LogP contribution in [0.5, 0.6) is 0 Å². The van der Waals surface area contributed by atoms with Gasteiger partial charge >= 0.3 is 0 Å². The molecule has 4 heteroatoms. The Morgan fingerprint density at radius 3 is 2.26 bits per heavy atom. The second kappa shape index (κ2) is 6.92. The lowest BCUT2D eigenvalue weighted by Crippen LogP contribution is -2.49. The first-order valence-electron chi connectivity index (χ1n) is 6.54. The van der Waals surface area contributed by atoms with Gasteiger partial charge in [0.2, 0.25) is 5.91 Å². The Labute approximate surface area is 114 Å². The summed E-state index contributed by atoms with van der Waals surface area (Å²) in [5, 5.41) is 2.83. The van der Waals surface area contributed by atoms with Crippen molar-refractivity contribution < 1.29 is 9.59 Å². The van der Waals surface area contributed by atoms with Gasteiger partial charge in [-0.2, -0.15) is 0 Å². The molecule has 0 fully saturated rings. The van der Waals surface area contributed by atoms with Crippen molar-refractivity contribution in [2.24, 2.45) is 5.92 Å². The predicted octanol–water partition coefficient (Wildman–Crippen LogP) is 1.92. The molecule has 0 saturated heterocycles. The summed E-state index contributed by atoms with van der Waals surface area (Å²) in [4.78, 5) is 25.8. The molecule has 1 N–H and O–H groups in total. The fourth-order valence-corrected chi connectivity index (χ4v) is 1.78. The summed E-state index contributed by atoms with van der Waals surface area (Å²) in [7, 11) is 3.40. The number of nitrogens with zero attached hydrogens (tertiary/aromatic N) is 1. The van der Waals surface area contributed by atoms with Crippen LogP contribution < -0.4 is 5.32 Å². The zero-order chi connectivity index (χ0) is 14.4. The minimum absolute atomic E-state index is 0.0707. The third-order valence-electron chi connectivity index (χ3n) is 3.24. The summed E-state index contributed by atoms with van der Waals surface area (Å²) in [6.07, 6.45) is 0.833. The van der Waals surface area contributed by atoms with Crippen LogP contribution in [0.4, 0.5) is 0 Å². The van der Waals surface area contributed by atoms with E-state index >= 15 is 0 Å². The molecular formula is C15H22N2O2. The third kappa shape index (κ3) is 4.09. The van der Waals surface area contributed by atoms with Crippen LogP contribution in [0, 0.1) is 5.92 Å². The van der Waals surface area contributed by atoms with Crippen LogP contribution in [-0.4, -0.2) is 36.9 Å². The fourth-order valence-electron chi connectivity index (χ4n) is 1.78. The molecule has 0 aliphatic rings. The Balaban J connectivity index is 2.84. The lowest BCUT2D eigenvalue weighted by molar-refractivity contribution is -0.131. The smallest absolute Gasteiger partial charge is 0.251 e. The Morgan fingerprint density at radius 2 is 1.79 bits per heavy atom. The number of likely N-dealkylation sites (N-methyl/N-ethyl adjacent to an activating group) is 1. The van der Waals surface area contributed by atoms with E-state index < -0.39 is 6.04 Å². The molecule has 1 rings (SSSR count). The average Bonchev–Trinajstić information content (AvgIpc) is 2.43. The van der Waals surface area contributed by atoms with Gasteiger partial charge in [-0.3, -0.25) is 9.59 Å². The number of benzene rings is 1. The molecule has 2 atom stereocenters. The minimum atomic E-state index is -0.479. The van der Waals surface area contributed by atoms with E-state index in [9.17, 15) is 9.59 Å². The molecule has 0 aromatic heterocycles. The molecule has 0 bridgehead atoms. The highest BCUT2D eigenvalue weighted by Gasteiger charge is 2.27. The molecule has 4 nitrogen and oxygen atoms in total. The van der Waals surface area contributed by atoms with E-state index in [0.717, 1.165) is 6.42 Å². The van der Waals surface area contributed by atoms with Gasteiger partial charge in [0.25, 0.3) is 5.91 Å². The third-order valence-corrected chi connectivity index (χ3v) is 3.24. The Bertz CT molecular complexity index is 429. The van der Waals surface area contributed by atoms with E-state index in [0.29, 0.717) is 5.56 Å². The van der Waals surface area contributed by atoms with Crippen LogP contribution in [0.1, 0.15) is 30.6 Å². The molecule has 0 aliphatic heterocycles. The number of rotatable bonds is 5. The van der Waals surface area contributed by atoms with Gasteiger partial charge in [-0.15, -0.1) is 0 Å². The van der Waals surface area contributed by atoms with E-state index in [2.05, 4.69) is 5.32 Å². The van der Waals surface area contributed by atoms with E-state index in [4.69, 9.17) is 0 Å². The topological polar surface area (TPSA) is 49.4 Å². The predicted molar refractivity (Wildman–Crippen MR) is 75.8 cm³/mol. The van der Waals surface area contributed by atoms with E-state index in [1.807, 2.05) is 19.9 Å². The summed E-state index contributed by atoms with van der Waals surface area (Å²) in [5.41, 5.74) is 0.572. The standard InChI is InChI=1S/C15H22N2O2/c1-5-11(2)13(15(19)17(3)4)16-14(18)12-9-7-6-8-10-12/h6-11,13H,5H2,1-4H3,(H,16,18). The van der Waals surface area contributed by atoms with Crippen LogP contribution in [0.15, 0.2) is 30.3 Å². The highest BCUT2D eigenvalue weighted by molar-refractivity contribution is 5.97. The molecular weight excluding hydrogens is 240 g/mol. The first-order valence-corrected chi connectivity index (χ1v) is 6.54. The molecule has 0 spiro atoms. The molecule has 0 heterocycles. The number of hydrogen-bond donors (Lipinski definition) is 1. The maximum atomic E-state index is 12.1. The number of carbonyl (C=O) groups is 2. The molecule has 0 radical (unpaired) electrons. The fraction of sp³-hybridized carbons (Fsp3) is 0.467. The van der Waals surface area contributed by atoms with Gasteiger partial charge < -0.3 is 10.2 Å². The first kappa shape index (κ1) is 15.2. The van der Waals surface area contributed by atoms with Crippen molar-refractivity contribution in [3.63, 3.8) is 0 Å². The summed E-state index contributed by atoms with van der Waals surface area (Å²) in [6, 6.07) is 8.47.